The van der Waals surface area contributed by atoms with Crippen LogP contribution >= 0.6 is 12.4 Å². The maximum absolute atomic E-state index is 3.55. The van der Waals surface area contributed by atoms with E-state index in [0.717, 1.165) is 19.5 Å². The highest BCUT2D eigenvalue weighted by molar-refractivity contribution is 5.85. The largest absolute Gasteiger partial charge is 0.383 e. The molecular formula is C12H19ClN2. The van der Waals surface area contributed by atoms with Crippen molar-refractivity contribution < 1.29 is 0 Å². The number of para-hydroxylation sites is 1. The first-order valence-corrected chi connectivity index (χ1v) is 5.45. The molecule has 0 amide bonds. The molecule has 1 aliphatic rings. The van der Waals surface area contributed by atoms with Gasteiger partial charge in [-0.2, -0.15) is 0 Å². The molecule has 1 heterocycles. The Morgan fingerprint density at radius 2 is 2.20 bits per heavy atom. The minimum atomic E-state index is 0. The molecule has 0 radical (unpaired) electrons. The molecule has 2 nitrogen and oxygen atoms in total. The summed E-state index contributed by atoms with van der Waals surface area (Å²) in [5.74, 6) is 0. The Balaban J connectivity index is 0.00000112. The molecule has 0 spiro atoms. The molecule has 0 aromatic heterocycles. The summed E-state index contributed by atoms with van der Waals surface area (Å²) in [6, 6.07) is 9.17. The van der Waals surface area contributed by atoms with Crippen molar-refractivity contribution in [1.82, 2.24) is 5.32 Å². The summed E-state index contributed by atoms with van der Waals surface area (Å²) in [4.78, 5) is 0. The molecule has 3 heteroatoms. The Morgan fingerprint density at radius 3 is 3.00 bits per heavy atom. The summed E-state index contributed by atoms with van der Waals surface area (Å²) in [5, 5.41) is 7.01. The van der Waals surface area contributed by atoms with Crippen LogP contribution in [0.2, 0.25) is 0 Å². The molecule has 2 N–H and O–H groups in total. The van der Waals surface area contributed by atoms with Gasteiger partial charge in [-0.3, -0.25) is 0 Å². The summed E-state index contributed by atoms with van der Waals surface area (Å²) >= 11 is 0. The molecule has 1 atom stereocenters. The highest BCUT2D eigenvalue weighted by atomic mass is 35.5. The predicted octanol–water partition coefficient (Wildman–Crippen LogP) is 2.44. The molecule has 0 saturated heterocycles. The van der Waals surface area contributed by atoms with E-state index in [4.69, 9.17) is 0 Å². The van der Waals surface area contributed by atoms with E-state index in [0.29, 0.717) is 6.04 Å². The van der Waals surface area contributed by atoms with Crippen LogP contribution in [0.25, 0.3) is 0 Å². The van der Waals surface area contributed by atoms with Gasteiger partial charge in [0.15, 0.2) is 0 Å². The second-order valence-electron chi connectivity index (χ2n) is 3.89. The summed E-state index contributed by atoms with van der Waals surface area (Å²) < 4.78 is 0. The van der Waals surface area contributed by atoms with Crippen molar-refractivity contribution in [3.05, 3.63) is 29.8 Å². The smallest absolute Gasteiger partial charge is 0.0373 e. The van der Waals surface area contributed by atoms with Crippen LogP contribution in [-0.4, -0.2) is 19.1 Å². The van der Waals surface area contributed by atoms with Crippen LogP contribution in [0.4, 0.5) is 5.69 Å². The molecule has 1 aromatic carbocycles. The molecule has 15 heavy (non-hydrogen) atoms. The highest BCUT2D eigenvalue weighted by Gasteiger charge is 2.16. The van der Waals surface area contributed by atoms with E-state index in [1.54, 1.807) is 0 Å². The fraction of sp³-hybridized carbons (Fsp3) is 0.500. The minimum absolute atomic E-state index is 0. The van der Waals surface area contributed by atoms with Crippen molar-refractivity contribution in [2.24, 2.45) is 0 Å². The van der Waals surface area contributed by atoms with Crippen LogP contribution in [0.1, 0.15) is 18.9 Å². The van der Waals surface area contributed by atoms with Gasteiger partial charge in [-0.15, -0.1) is 12.4 Å². The van der Waals surface area contributed by atoms with Gasteiger partial charge in [-0.05, 0) is 31.0 Å². The predicted molar refractivity (Wildman–Crippen MR) is 68.0 cm³/mol. The van der Waals surface area contributed by atoms with Crippen LogP contribution in [-0.2, 0) is 6.42 Å². The number of rotatable bonds is 3. The zero-order valence-corrected chi connectivity index (χ0v) is 9.94. The number of hydrogen-bond acceptors (Lipinski definition) is 2. The van der Waals surface area contributed by atoms with Gasteiger partial charge >= 0.3 is 0 Å². The van der Waals surface area contributed by atoms with Crippen LogP contribution in [0, 0.1) is 0 Å². The fourth-order valence-corrected chi connectivity index (χ4v) is 1.93. The van der Waals surface area contributed by atoms with E-state index >= 15 is 0 Å². The molecule has 1 aliphatic heterocycles. The first kappa shape index (κ1) is 12.3. The lowest BCUT2D eigenvalue weighted by atomic mass is 10.00. The third kappa shape index (κ3) is 3.11. The Morgan fingerprint density at radius 1 is 1.40 bits per heavy atom. The number of hydrogen-bond donors (Lipinski definition) is 2. The first-order valence-electron chi connectivity index (χ1n) is 5.45. The average molecular weight is 227 g/mol. The number of benzene rings is 1. The summed E-state index contributed by atoms with van der Waals surface area (Å²) in [6.07, 6.45) is 2.36. The fourth-order valence-electron chi connectivity index (χ4n) is 1.93. The lowest BCUT2D eigenvalue weighted by molar-refractivity contribution is 0.517. The number of halogens is 1. The lowest BCUT2D eigenvalue weighted by Crippen LogP contribution is -2.40. The molecule has 0 fully saturated rings. The lowest BCUT2D eigenvalue weighted by Gasteiger charge is -2.26. The SMILES string of the molecule is CCCN[C@H]1CNc2ccccc2C1.Cl. The highest BCUT2D eigenvalue weighted by Crippen LogP contribution is 2.20. The standard InChI is InChI=1S/C12H18N2.ClH/c1-2-7-13-11-8-10-5-3-4-6-12(10)14-9-11;/h3-6,11,13-14H,2,7-9H2,1H3;1H/t11-;/m1./s1. The monoisotopic (exact) mass is 226 g/mol. The van der Waals surface area contributed by atoms with Gasteiger partial charge in [0, 0.05) is 18.3 Å². The molecule has 1 aromatic rings. The van der Waals surface area contributed by atoms with Crippen LogP contribution in [0.5, 0.6) is 0 Å². The first-order chi connectivity index (χ1) is 6.90. The van der Waals surface area contributed by atoms with E-state index in [1.807, 2.05) is 0 Å². The maximum atomic E-state index is 3.55. The quantitative estimate of drug-likeness (QED) is 0.828. The van der Waals surface area contributed by atoms with Crippen LogP contribution in [0.15, 0.2) is 24.3 Å². The molecular weight excluding hydrogens is 208 g/mol. The second kappa shape index (κ2) is 5.99. The van der Waals surface area contributed by atoms with Gasteiger partial charge in [0.2, 0.25) is 0 Å². The van der Waals surface area contributed by atoms with Gasteiger partial charge in [0.25, 0.3) is 0 Å². The Bertz CT molecular complexity index is 301. The third-order valence-electron chi connectivity index (χ3n) is 2.71. The second-order valence-corrected chi connectivity index (χ2v) is 3.89. The molecule has 0 saturated carbocycles. The average Bonchev–Trinajstić information content (AvgIpc) is 2.26. The van der Waals surface area contributed by atoms with E-state index in [-0.39, 0.29) is 12.4 Å². The Labute approximate surface area is 97.9 Å². The van der Waals surface area contributed by atoms with E-state index in [1.165, 1.54) is 17.7 Å². The number of nitrogens with one attached hydrogen (secondary N) is 2. The van der Waals surface area contributed by atoms with Gasteiger partial charge in [-0.1, -0.05) is 25.1 Å². The molecule has 0 aliphatic carbocycles. The summed E-state index contributed by atoms with van der Waals surface area (Å²) in [7, 11) is 0. The molecule has 0 unspecified atom stereocenters. The van der Waals surface area contributed by atoms with Crippen molar-refractivity contribution >= 4 is 18.1 Å². The zero-order valence-electron chi connectivity index (χ0n) is 9.12. The van der Waals surface area contributed by atoms with Gasteiger partial charge in [0.1, 0.15) is 0 Å². The Hall–Kier alpha value is -0.730. The molecule has 0 bridgehead atoms. The third-order valence-corrected chi connectivity index (χ3v) is 2.71. The summed E-state index contributed by atoms with van der Waals surface area (Å²) in [6.45, 7) is 4.38. The Kier molecular flexibility index (Phi) is 4.92. The van der Waals surface area contributed by atoms with Gasteiger partial charge < -0.3 is 10.6 Å². The van der Waals surface area contributed by atoms with Crippen molar-refractivity contribution in [3.8, 4) is 0 Å². The molecule has 2 rings (SSSR count). The number of anilines is 1. The molecule has 84 valence electrons. The van der Waals surface area contributed by atoms with E-state index < -0.39 is 0 Å². The zero-order chi connectivity index (χ0) is 9.80. The number of fused-ring (bicyclic) bond motifs is 1. The van der Waals surface area contributed by atoms with Crippen molar-refractivity contribution in [2.75, 3.05) is 18.4 Å². The maximum Gasteiger partial charge on any atom is 0.0373 e. The van der Waals surface area contributed by atoms with Crippen molar-refractivity contribution in [3.63, 3.8) is 0 Å². The minimum Gasteiger partial charge on any atom is -0.383 e. The normalized spacial score (nSPS) is 18.6. The summed E-state index contributed by atoms with van der Waals surface area (Å²) in [5.41, 5.74) is 2.74. The van der Waals surface area contributed by atoms with Gasteiger partial charge in [-0.25, -0.2) is 0 Å². The van der Waals surface area contributed by atoms with E-state index in [9.17, 15) is 0 Å². The van der Waals surface area contributed by atoms with E-state index in [2.05, 4.69) is 41.8 Å². The topological polar surface area (TPSA) is 24.1 Å². The van der Waals surface area contributed by atoms with Crippen LogP contribution < -0.4 is 10.6 Å². The van der Waals surface area contributed by atoms with Crippen molar-refractivity contribution in [2.45, 2.75) is 25.8 Å². The van der Waals surface area contributed by atoms with Gasteiger partial charge in [0.05, 0.1) is 0 Å². The van der Waals surface area contributed by atoms with Crippen LogP contribution in [0.3, 0.4) is 0 Å². The van der Waals surface area contributed by atoms with Crippen molar-refractivity contribution in [1.29, 1.82) is 0 Å².